The number of carbonyl (C=O) groups is 1. The number of halogens is 1. The lowest BCUT2D eigenvalue weighted by atomic mass is 10.1. The van der Waals surface area contributed by atoms with E-state index in [2.05, 4.69) is 15.4 Å². The minimum absolute atomic E-state index is 0.130. The molecular weight excluding hydrogens is 434 g/mol. The molecule has 0 bridgehead atoms. The molecule has 5 rings (SSSR count). The van der Waals surface area contributed by atoms with E-state index in [1.165, 1.54) is 18.0 Å². The lowest BCUT2D eigenvalue weighted by Crippen LogP contribution is -2.27. The number of hydrogen-bond donors (Lipinski definition) is 1. The molecule has 0 spiro atoms. The van der Waals surface area contributed by atoms with E-state index in [0.717, 1.165) is 16.9 Å². The minimum atomic E-state index is -0.261. The van der Waals surface area contributed by atoms with Gasteiger partial charge in [-0.3, -0.25) is 14.2 Å². The van der Waals surface area contributed by atoms with Crippen LogP contribution in [0.25, 0.3) is 16.7 Å². The SMILES string of the molecule is Cc1ccccc1NC(=O)CC1CSc2nc3c(cnn3-c3cccc(Cl)c3)c(=O)n21. The van der Waals surface area contributed by atoms with E-state index < -0.39 is 0 Å². The number of aryl methyl sites for hydroxylation is 1. The van der Waals surface area contributed by atoms with Crippen LogP contribution in [0.5, 0.6) is 0 Å². The predicted octanol–water partition coefficient (Wildman–Crippen LogP) is 4.22. The number of anilines is 1. The highest BCUT2D eigenvalue weighted by atomic mass is 35.5. The molecule has 0 saturated heterocycles. The van der Waals surface area contributed by atoms with Gasteiger partial charge >= 0.3 is 0 Å². The lowest BCUT2D eigenvalue weighted by Gasteiger charge is -2.14. The predicted molar refractivity (Wildman–Crippen MR) is 122 cm³/mol. The van der Waals surface area contributed by atoms with Crippen LogP contribution < -0.4 is 10.9 Å². The molecule has 7 nitrogen and oxygen atoms in total. The van der Waals surface area contributed by atoms with Crippen molar-refractivity contribution >= 4 is 46.0 Å². The summed E-state index contributed by atoms with van der Waals surface area (Å²) in [6.45, 7) is 1.94. The van der Waals surface area contributed by atoms with Gasteiger partial charge < -0.3 is 5.32 Å². The average molecular weight is 452 g/mol. The van der Waals surface area contributed by atoms with Crippen molar-refractivity contribution in [2.75, 3.05) is 11.1 Å². The third-order valence-electron chi connectivity index (χ3n) is 5.26. The lowest BCUT2D eigenvalue weighted by molar-refractivity contribution is -0.116. The zero-order chi connectivity index (χ0) is 21.5. The Hall–Kier alpha value is -3.10. The molecule has 9 heteroatoms. The van der Waals surface area contributed by atoms with Gasteiger partial charge in [0.1, 0.15) is 5.39 Å². The van der Waals surface area contributed by atoms with E-state index in [1.807, 2.05) is 43.3 Å². The molecule has 0 aliphatic carbocycles. The number of para-hydroxylation sites is 1. The second kappa shape index (κ2) is 7.86. The number of nitrogens with one attached hydrogen (secondary N) is 1. The van der Waals surface area contributed by atoms with Crippen LogP contribution in [0.1, 0.15) is 18.0 Å². The van der Waals surface area contributed by atoms with Crippen molar-refractivity contribution in [3.8, 4) is 5.69 Å². The van der Waals surface area contributed by atoms with Crippen molar-refractivity contribution in [3.05, 3.63) is 75.7 Å². The number of thioether (sulfide) groups is 1. The number of amides is 1. The Balaban J connectivity index is 1.46. The number of fused-ring (bicyclic) bond motifs is 2. The topological polar surface area (TPSA) is 81.8 Å². The molecular formula is C22H18ClN5O2S. The molecule has 1 N–H and O–H groups in total. The number of benzene rings is 2. The molecule has 2 aromatic carbocycles. The van der Waals surface area contributed by atoms with Gasteiger partial charge in [-0.1, -0.05) is 47.6 Å². The Labute approximate surface area is 187 Å². The third kappa shape index (κ3) is 3.62. The van der Waals surface area contributed by atoms with E-state index in [0.29, 0.717) is 27.0 Å². The van der Waals surface area contributed by atoms with Gasteiger partial charge in [0.05, 0.1) is 17.9 Å². The van der Waals surface area contributed by atoms with Gasteiger partial charge in [0.2, 0.25) is 5.91 Å². The molecule has 0 radical (unpaired) electrons. The molecule has 1 amide bonds. The highest BCUT2D eigenvalue weighted by Crippen LogP contribution is 2.33. The summed E-state index contributed by atoms with van der Waals surface area (Å²) in [5.74, 6) is 0.482. The van der Waals surface area contributed by atoms with Gasteiger partial charge in [-0.15, -0.1) is 0 Å². The molecule has 1 unspecified atom stereocenters. The van der Waals surface area contributed by atoms with E-state index in [-0.39, 0.29) is 23.9 Å². The fourth-order valence-corrected chi connectivity index (χ4v) is 5.02. The van der Waals surface area contributed by atoms with Crippen molar-refractivity contribution in [1.82, 2.24) is 19.3 Å². The van der Waals surface area contributed by atoms with E-state index in [1.54, 1.807) is 21.4 Å². The zero-order valence-electron chi connectivity index (χ0n) is 16.6. The van der Waals surface area contributed by atoms with Gasteiger partial charge in [-0.25, -0.2) is 9.67 Å². The van der Waals surface area contributed by atoms with Crippen LogP contribution in [0.2, 0.25) is 5.02 Å². The van der Waals surface area contributed by atoms with Gasteiger partial charge in [0, 0.05) is 22.9 Å². The van der Waals surface area contributed by atoms with Crippen LogP contribution in [0, 0.1) is 6.92 Å². The van der Waals surface area contributed by atoms with E-state index in [4.69, 9.17) is 11.6 Å². The third-order valence-corrected chi connectivity index (χ3v) is 6.60. The Bertz CT molecular complexity index is 1380. The number of hydrogen-bond acceptors (Lipinski definition) is 5. The molecule has 0 fully saturated rings. The van der Waals surface area contributed by atoms with Gasteiger partial charge in [0.25, 0.3) is 5.56 Å². The summed E-state index contributed by atoms with van der Waals surface area (Å²) < 4.78 is 3.23. The first kappa shape index (κ1) is 19.8. The summed E-state index contributed by atoms with van der Waals surface area (Å²) in [6, 6.07) is 14.6. The second-order valence-electron chi connectivity index (χ2n) is 7.38. The number of nitrogens with zero attached hydrogens (tertiary/aromatic N) is 4. The summed E-state index contributed by atoms with van der Waals surface area (Å²) >= 11 is 7.58. The summed E-state index contributed by atoms with van der Waals surface area (Å²) in [5, 5.41) is 8.88. The monoisotopic (exact) mass is 451 g/mol. The average Bonchev–Trinajstić information content (AvgIpc) is 3.35. The van der Waals surface area contributed by atoms with Crippen molar-refractivity contribution in [2.24, 2.45) is 0 Å². The smallest absolute Gasteiger partial charge is 0.265 e. The molecule has 3 heterocycles. The van der Waals surface area contributed by atoms with Crippen LogP contribution in [0.4, 0.5) is 5.69 Å². The Morgan fingerprint density at radius 3 is 2.90 bits per heavy atom. The fraction of sp³-hybridized carbons (Fsp3) is 0.182. The highest BCUT2D eigenvalue weighted by molar-refractivity contribution is 7.99. The molecule has 4 aromatic rings. The summed E-state index contributed by atoms with van der Waals surface area (Å²) in [7, 11) is 0. The number of aromatic nitrogens is 4. The standard InChI is InChI=1S/C22H18ClN5O2S/c1-13-5-2-3-8-18(13)25-19(29)10-16-12-31-22-26-20-17(21(30)27(16)22)11-24-28(20)15-7-4-6-14(23)9-15/h2-9,11,16H,10,12H2,1H3,(H,25,29). The minimum Gasteiger partial charge on any atom is -0.326 e. The molecule has 1 atom stereocenters. The first-order valence-corrected chi connectivity index (χ1v) is 11.1. The van der Waals surface area contributed by atoms with Crippen LogP contribution in [-0.2, 0) is 4.79 Å². The fourth-order valence-electron chi connectivity index (χ4n) is 3.71. The van der Waals surface area contributed by atoms with Crippen molar-refractivity contribution in [3.63, 3.8) is 0 Å². The van der Waals surface area contributed by atoms with Crippen LogP contribution in [-0.4, -0.2) is 31.0 Å². The number of rotatable bonds is 4. The molecule has 1 aliphatic heterocycles. The first-order valence-electron chi connectivity index (χ1n) is 9.76. The summed E-state index contributed by atoms with van der Waals surface area (Å²) in [5.41, 5.74) is 2.80. The maximum absolute atomic E-state index is 13.2. The highest BCUT2D eigenvalue weighted by Gasteiger charge is 2.29. The van der Waals surface area contributed by atoms with Crippen LogP contribution in [0.15, 0.2) is 64.7 Å². The maximum Gasteiger partial charge on any atom is 0.265 e. The zero-order valence-corrected chi connectivity index (χ0v) is 18.2. The summed E-state index contributed by atoms with van der Waals surface area (Å²) in [6.07, 6.45) is 1.72. The first-order chi connectivity index (χ1) is 15.0. The molecule has 31 heavy (non-hydrogen) atoms. The number of carbonyl (C=O) groups excluding carboxylic acids is 1. The van der Waals surface area contributed by atoms with Gasteiger partial charge in [-0.2, -0.15) is 5.10 Å². The molecule has 156 valence electrons. The van der Waals surface area contributed by atoms with Crippen molar-refractivity contribution < 1.29 is 4.79 Å². The van der Waals surface area contributed by atoms with Gasteiger partial charge in [-0.05, 0) is 36.8 Å². The Kier molecular flexibility index (Phi) is 5.03. The van der Waals surface area contributed by atoms with Gasteiger partial charge in [0.15, 0.2) is 10.8 Å². The molecule has 2 aromatic heterocycles. The summed E-state index contributed by atoms with van der Waals surface area (Å²) in [4.78, 5) is 30.6. The normalized spacial score (nSPS) is 15.2. The Morgan fingerprint density at radius 1 is 1.26 bits per heavy atom. The second-order valence-corrected chi connectivity index (χ2v) is 8.80. The molecule has 1 aliphatic rings. The van der Waals surface area contributed by atoms with Crippen molar-refractivity contribution in [2.45, 2.75) is 24.5 Å². The van der Waals surface area contributed by atoms with Crippen LogP contribution >= 0.6 is 23.4 Å². The Morgan fingerprint density at radius 2 is 2.10 bits per heavy atom. The largest absolute Gasteiger partial charge is 0.326 e. The molecule has 0 saturated carbocycles. The maximum atomic E-state index is 13.2. The van der Waals surface area contributed by atoms with E-state index >= 15 is 0 Å². The van der Waals surface area contributed by atoms with Crippen molar-refractivity contribution in [1.29, 1.82) is 0 Å². The van der Waals surface area contributed by atoms with Crippen LogP contribution in [0.3, 0.4) is 0 Å². The van der Waals surface area contributed by atoms with E-state index in [9.17, 15) is 9.59 Å². The quantitative estimate of drug-likeness (QED) is 0.470.